The molecule has 0 unspecified atom stereocenters. The lowest BCUT2D eigenvalue weighted by Crippen LogP contribution is -2.40. The second-order valence-corrected chi connectivity index (χ2v) is 6.89. The van der Waals surface area contributed by atoms with E-state index in [1.807, 2.05) is 0 Å². The van der Waals surface area contributed by atoms with Crippen LogP contribution in [0.15, 0.2) is 18.2 Å². The summed E-state index contributed by atoms with van der Waals surface area (Å²) < 4.78 is 40.6. The van der Waals surface area contributed by atoms with Crippen LogP contribution in [-0.2, 0) is 4.79 Å². The van der Waals surface area contributed by atoms with Gasteiger partial charge in [0.1, 0.15) is 5.75 Å². The number of hydrogen-bond acceptors (Lipinski definition) is 3. The number of rotatable bonds is 2. The number of hydrogen-bond donors (Lipinski definition) is 1. The van der Waals surface area contributed by atoms with Crippen molar-refractivity contribution in [1.82, 2.24) is 0 Å². The van der Waals surface area contributed by atoms with Crippen molar-refractivity contribution in [2.75, 3.05) is 11.4 Å². The Balaban J connectivity index is 1.79. The van der Waals surface area contributed by atoms with Crippen molar-refractivity contribution in [2.45, 2.75) is 44.5 Å². The van der Waals surface area contributed by atoms with Gasteiger partial charge in [-0.1, -0.05) is 11.6 Å². The molecular formula is C16H18ClF3N2O2. The molecule has 1 aliphatic heterocycles. The lowest BCUT2D eigenvalue weighted by Gasteiger charge is -2.34. The van der Waals surface area contributed by atoms with Gasteiger partial charge < -0.3 is 15.4 Å². The fourth-order valence-electron chi connectivity index (χ4n) is 3.61. The maximum atomic E-state index is 12.9. The normalized spacial score (nSPS) is 27.8. The Morgan fingerprint density at radius 3 is 2.50 bits per heavy atom. The fourth-order valence-corrected chi connectivity index (χ4v) is 3.88. The van der Waals surface area contributed by atoms with Gasteiger partial charge in [0.2, 0.25) is 5.91 Å². The Hall–Kier alpha value is -1.47. The van der Waals surface area contributed by atoms with E-state index in [1.54, 1.807) is 4.90 Å². The summed E-state index contributed by atoms with van der Waals surface area (Å²) in [4.78, 5) is 14.4. The summed E-state index contributed by atoms with van der Waals surface area (Å²) in [5.74, 6) is -0.415. The van der Waals surface area contributed by atoms with Gasteiger partial charge in [-0.25, -0.2) is 0 Å². The van der Waals surface area contributed by atoms with Gasteiger partial charge in [0.25, 0.3) is 0 Å². The Labute approximate surface area is 142 Å². The SMILES string of the molecule is NC1CCC2(CC1)CCN(c1ccc(OC(F)(F)F)cc1Cl)C2=O. The summed E-state index contributed by atoms with van der Waals surface area (Å²) in [5, 5.41) is 0.0645. The molecule has 1 aromatic carbocycles. The third-order valence-corrected chi connectivity index (χ3v) is 5.25. The molecule has 0 bridgehead atoms. The highest BCUT2D eigenvalue weighted by atomic mass is 35.5. The molecule has 2 N–H and O–H groups in total. The number of ether oxygens (including phenoxy) is 1. The molecule has 0 atom stereocenters. The largest absolute Gasteiger partial charge is 0.573 e. The van der Waals surface area contributed by atoms with Crippen molar-refractivity contribution in [1.29, 1.82) is 0 Å². The quantitative estimate of drug-likeness (QED) is 0.869. The van der Waals surface area contributed by atoms with Gasteiger partial charge in [-0.3, -0.25) is 4.79 Å². The summed E-state index contributed by atoms with van der Waals surface area (Å²) in [6, 6.07) is 3.79. The van der Waals surface area contributed by atoms with E-state index in [0.29, 0.717) is 12.2 Å². The van der Waals surface area contributed by atoms with Gasteiger partial charge in [-0.15, -0.1) is 13.2 Å². The first kappa shape index (κ1) is 17.4. The highest BCUT2D eigenvalue weighted by molar-refractivity contribution is 6.34. The first-order chi connectivity index (χ1) is 11.2. The summed E-state index contributed by atoms with van der Waals surface area (Å²) in [5.41, 5.74) is 5.93. The number of carbonyl (C=O) groups excluding carboxylic acids is 1. The van der Waals surface area contributed by atoms with E-state index < -0.39 is 17.5 Å². The molecule has 24 heavy (non-hydrogen) atoms. The molecule has 0 aromatic heterocycles. The zero-order chi connectivity index (χ0) is 17.5. The van der Waals surface area contributed by atoms with Crippen LogP contribution in [0.1, 0.15) is 32.1 Å². The lowest BCUT2D eigenvalue weighted by atomic mass is 9.71. The standard InChI is InChI=1S/C16H18ClF3N2O2/c17-12-9-11(24-16(18,19)20)1-2-13(12)22-8-7-15(14(22)23)5-3-10(21)4-6-15/h1-2,9-10H,3-8,21H2. The molecule has 8 heteroatoms. The van der Waals surface area contributed by atoms with E-state index in [4.69, 9.17) is 17.3 Å². The summed E-state index contributed by atoms with van der Waals surface area (Å²) in [6.07, 6.45) is -0.945. The zero-order valence-corrected chi connectivity index (χ0v) is 13.7. The average Bonchev–Trinajstić information content (AvgIpc) is 2.79. The molecular weight excluding hydrogens is 345 g/mol. The highest BCUT2D eigenvalue weighted by Crippen LogP contribution is 2.47. The second kappa shape index (κ2) is 6.11. The first-order valence-corrected chi connectivity index (χ1v) is 8.21. The van der Waals surface area contributed by atoms with Crippen LogP contribution >= 0.6 is 11.6 Å². The summed E-state index contributed by atoms with van der Waals surface area (Å²) >= 11 is 6.09. The van der Waals surface area contributed by atoms with E-state index in [1.165, 1.54) is 12.1 Å². The Morgan fingerprint density at radius 1 is 1.25 bits per heavy atom. The molecule has 1 spiro atoms. The van der Waals surface area contributed by atoms with Crippen molar-refractivity contribution in [3.63, 3.8) is 0 Å². The van der Waals surface area contributed by atoms with Crippen LogP contribution in [0.3, 0.4) is 0 Å². The molecule has 1 amide bonds. The van der Waals surface area contributed by atoms with Gasteiger partial charge in [0, 0.05) is 18.7 Å². The molecule has 4 nitrogen and oxygen atoms in total. The van der Waals surface area contributed by atoms with E-state index in [-0.39, 0.29) is 17.0 Å². The van der Waals surface area contributed by atoms with Crippen LogP contribution in [0.4, 0.5) is 18.9 Å². The Bertz CT molecular complexity index is 643. The maximum Gasteiger partial charge on any atom is 0.573 e. The van der Waals surface area contributed by atoms with Gasteiger partial charge >= 0.3 is 6.36 Å². The molecule has 2 aliphatic rings. The Morgan fingerprint density at radius 2 is 1.92 bits per heavy atom. The number of nitrogens with zero attached hydrogens (tertiary/aromatic N) is 1. The number of benzene rings is 1. The second-order valence-electron chi connectivity index (χ2n) is 6.49. The van der Waals surface area contributed by atoms with E-state index in [0.717, 1.165) is 38.2 Å². The monoisotopic (exact) mass is 362 g/mol. The van der Waals surface area contributed by atoms with Crippen LogP contribution in [0.5, 0.6) is 5.75 Å². The molecule has 1 aromatic rings. The molecule has 3 rings (SSSR count). The van der Waals surface area contributed by atoms with E-state index in [9.17, 15) is 18.0 Å². The summed E-state index contributed by atoms with van der Waals surface area (Å²) in [7, 11) is 0. The van der Waals surface area contributed by atoms with Crippen LogP contribution in [-0.4, -0.2) is 24.9 Å². The van der Waals surface area contributed by atoms with E-state index >= 15 is 0 Å². The molecule has 1 saturated heterocycles. The third kappa shape index (κ3) is 3.32. The van der Waals surface area contributed by atoms with Crippen LogP contribution in [0.2, 0.25) is 5.02 Å². The van der Waals surface area contributed by atoms with Gasteiger partial charge in [-0.05, 0) is 44.2 Å². The van der Waals surface area contributed by atoms with Crippen molar-refractivity contribution in [3.8, 4) is 5.75 Å². The fraction of sp³-hybridized carbons (Fsp3) is 0.562. The van der Waals surface area contributed by atoms with Crippen LogP contribution < -0.4 is 15.4 Å². The molecule has 0 radical (unpaired) electrons. The minimum Gasteiger partial charge on any atom is -0.406 e. The molecule has 2 fully saturated rings. The number of amides is 1. The molecule has 132 valence electrons. The van der Waals surface area contributed by atoms with Crippen molar-refractivity contribution in [2.24, 2.45) is 11.1 Å². The third-order valence-electron chi connectivity index (χ3n) is 4.94. The number of carbonyl (C=O) groups is 1. The topological polar surface area (TPSA) is 55.6 Å². The molecule has 1 heterocycles. The smallest absolute Gasteiger partial charge is 0.406 e. The van der Waals surface area contributed by atoms with Crippen molar-refractivity contribution < 1.29 is 22.7 Å². The highest BCUT2D eigenvalue weighted by Gasteiger charge is 2.48. The maximum absolute atomic E-state index is 12.9. The number of nitrogens with two attached hydrogens (primary N) is 1. The minimum atomic E-state index is -4.78. The van der Waals surface area contributed by atoms with Crippen molar-refractivity contribution in [3.05, 3.63) is 23.2 Å². The summed E-state index contributed by atoms with van der Waals surface area (Å²) in [6.45, 7) is 0.507. The lowest BCUT2D eigenvalue weighted by molar-refractivity contribution is -0.274. The molecule has 1 saturated carbocycles. The number of alkyl halides is 3. The number of anilines is 1. The predicted molar refractivity (Wildman–Crippen MR) is 84.0 cm³/mol. The van der Waals surface area contributed by atoms with Gasteiger partial charge in [-0.2, -0.15) is 0 Å². The Kier molecular flexibility index (Phi) is 4.42. The zero-order valence-electron chi connectivity index (χ0n) is 12.9. The average molecular weight is 363 g/mol. The predicted octanol–water partition coefficient (Wildman–Crippen LogP) is 3.86. The first-order valence-electron chi connectivity index (χ1n) is 7.83. The van der Waals surface area contributed by atoms with Gasteiger partial charge in [0.05, 0.1) is 16.1 Å². The van der Waals surface area contributed by atoms with E-state index in [2.05, 4.69) is 4.74 Å². The van der Waals surface area contributed by atoms with Crippen molar-refractivity contribution >= 4 is 23.2 Å². The number of halogens is 4. The minimum absolute atomic E-state index is 0.0132. The van der Waals surface area contributed by atoms with Crippen LogP contribution in [0, 0.1) is 5.41 Å². The van der Waals surface area contributed by atoms with Gasteiger partial charge in [0.15, 0.2) is 0 Å². The van der Waals surface area contributed by atoms with Crippen LogP contribution in [0.25, 0.3) is 0 Å². The molecule has 1 aliphatic carbocycles.